The highest BCUT2D eigenvalue weighted by atomic mass is 35.5. The fraction of sp³-hybridized carbons (Fsp3) is 0.800. The molecule has 7 heteroatoms. The molecule has 17 heavy (non-hydrogen) atoms. The summed E-state index contributed by atoms with van der Waals surface area (Å²) in [6, 6.07) is -0.178. The third-order valence-corrected chi connectivity index (χ3v) is 2.71. The van der Waals surface area contributed by atoms with Crippen molar-refractivity contribution in [3.63, 3.8) is 0 Å². The van der Waals surface area contributed by atoms with E-state index >= 15 is 0 Å². The molecule has 0 saturated carbocycles. The summed E-state index contributed by atoms with van der Waals surface area (Å²) < 4.78 is 26.1. The van der Waals surface area contributed by atoms with Crippen molar-refractivity contribution in [3.8, 4) is 6.07 Å². The lowest BCUT2D eigenvalue weighted by Gasteiger charge is -2.24. The number of halogens is 3. The van der Waals surface area contributed by atoms with Crippen molar-refractivity contribution in [1.82, 2.24) is 4.90 Å². The predicted octanol–water partition coefficient (Wildman–Crippen LogP) is 1.15. The molecule has 4 nitrogen and oxygen atoms in total. The van der Waals surface area contributed by atoms with E-state index in [1.165, 1.54) is 0 Å². The average molecular weight is 268 g/mol. The van der Waals surface area contributed by atoms with Crippen LogP contribution in [0.25, 0.3) is 0 Å². The number of amides is 1. The first-order valence-electron chi connectivity index (χ1n) is 5.12. The summed E-state index contributed by atoms with van der Waals surface area (Å²) >= 11 is 0. The van der Waals surface area contributed by atoms with Crippen molar-refractivity contribution in [2.75, 3.05) is 6.54 Å². The number of rotatable bonds is 2. The highest BCUT2D eigenvalue weighted by Gasteiger charge is 2.48. The van der Waals surface area contributed by atoms with Crippen molar-refractivity contribution in [2.45, 2.75) is 38.3 Å². The van der Waals surface area contributed by atoms with Crippen LogP contribution in [0.4, 0.5) is 8.78 Å². The van der Waals surface area contributed by atoms with Crippen LogP contribution in [-0.2, 0) is 4.79 Å². The first kappa shape index (κ1) is 16.1. The number of hydrogen-bond donors (Lipinski definition) is 1. The summed E-state index contributed by atoms with van der Waals surface area (Å²) in [6.45, 7) is 2.76. The van der Waals surface area contributed by atoms with Crippen LogP contribution >= 0.6 is 12.4 Å². The SMILES string of the molecule is CC(C)[C@H](N)C(=O)N1CC(F)(F)C[C@H]1C#N.Cl. The summed E-state index contributed by atoms with van der Waals surface area (Å²) in [5.74, 6) is -3.69. The summed E-state index contributed by atoms with van der Waals surface area (Å²) in [7, 11) is 0. The normalized spacial score (nSPS) is 24.1. The molecule has 98 valence electrons. The summed E-state index contributed by atoms with van der Waals surface area (Å²) in [5.41, 5.74) is 5.60. The van der Waals surface area contributed by atoms with Gasteiger partial charge in [-0.3, -0.25) is 4.79 Å². The monoisotopic (exact) mass is 267 g/mol. The Morgan fingerprint density at radius 3 is 2.53 bits per heavy atom. The molecule has 2 atom stereocenters. The Labute approximate surface area is 105 Å². The van der Waals surface area contributed by atoms with E-state index in [2.05, 4.69) is 0 Å². The zero-order valence-corrected chi connectivity index (χ0v) is 10.5. The largest absolute Gasteiger partial charge is 0.320 e. The lowest BCUT2D eigenvalue weighted by Crippen LogP contribution is -2.48. The van der Waals surface area contributed by atoms with Crippen LogP contribution in [0.15, 0.2) is 0 Å². The maximum Gasteiger partial charge on any atom is 0.268 e. The second kappa shape index (κ2) is 5.61. The molecule has 0 spiro atoms. The van der Waals surface area contributed by atoms with Gasteiger partial charge >= 0.3 is 0 Å². The maximum absolute atomic E-state index is 13.1. The molecule has 0 aromatic rings. The Balaban J connectivity index is 0.00000256. The van der Waals surface area contributed by atoms with E-state index in [9.17, 15) is 13.6 Å². The minimum absolute atomic E-state index is 0. The van der Waals surface area contributed by atoms with E-state index in [1.807, 2.05) is 0 Å². The quantitative estimate of drug-likeness (QED) is 0.816. The van der Waals surface area contributed by atoms with Crippen molar-refractivity contribution < 1.29 is 13.6 Å². The van der Waals surface area contributed by atoms with Crippen molar-refractivity contribution in [1.29, 1.82) is 5.26 Å². The molecule has 1 aliphatic heterocycles. The van der Waals surface area contributed by atoms with Crippen LogP contribution < -0.4 is 5.73 Å². The molecule has 0 radical (unpaired) electrons. The van der Waals surface area contributed by atoms with E-state index in [4.69, 9.17) is 11.0 Å². The van der Waals surface area contributed by atoms with E-state index in [0.717, 1.165) is 4.90 Å². The Morgan fingerprint density at radius 2 is 2.12 bits per heavy atom. The lowest BCUT2D eigenvalue weighted by atomic mass is 10.0. The number of nitrogens with two attached hydrogens (primary N) is 1. The molecule has 0 unspecified atom stereocenters. The number of carbonyl (C=O) groups is 1. The first-order chi connectivity index (χ1) is 7.28. The van der Waals surface area contributed by atoms with Crippen LogP contribution in [0.2, 0.25) is 0 Å². The molecule has 1 aliphatic rings. The molecule has 0 aromatic carbocycles. The van der Waals surface area contributed by atoms with Gasteiger partial charge in [-0.2, -0.15) is 5.26 Å². The number of hydrogen-bond acceptors (Lipinski definition) is 3. The van der Waals surface area contributed by atoms with Gasteiger partial charge in [0, 0.05) is 6.42 Å². The molecule has 0 aliphatic carbocycles. The van der Waals surface area contributed by atoms with E-state index in [-0.39, 0.29) is 18.3 Å². The number of alkyl halides is 2. The smallest absolute Gasteiger partial charge is 0.268 e. The van der Waals surface area contributed by atoms with Crippen LogP contribution in [0, 0.1) is 17.2 Å². The standard InChI is InChI=1S/C10H15F2N3O.ClH/c1-6(2)8(14)9(16)15-5-10(11,12)3-7(15)4-13;/h6-8H,3,5,14H2,1-2H3;1H/t7-,8-;/m0./s1. The van der Waals surface area contributed by atoms with Gasteiger partial charge in [0.25, 0.3) is 5.92 Å². The minimum atomic E-state index is -2.98. The van der Waals surface area contributed by atoms with Crippen LogP contribution in [0.1, 0.15) is 20.3 Å². The van der Waals surface area contributed by atoms with Crippen molar-refractivity contribution in [3.05, 3.63) is 0 Å². The molecular weight excluding hydrogens is 252 g/mol. The van der Waals surface area contributed by atoms with Gasteiger partial charge in [-0.1, -0.05) is 13.8 Å². The van der Waals surface area contributed by atoms with Crippen LogP contribution in [0.5, 0.6) is 0 Å². The fourth-order valence-electron chi connectivity index (χ4n) is 1.64. The van der Waals surface area contributed by atoms with Crippen LogP contribution in [-0.4, -0.2) is 35.4 Å². The zero-order chi connectivity index (χ0) is 12.5. The van der Waals surface area contributed by atoms with E-state index in [1.54, 1.807) is 19.9 Å². The average Bonchev–Trinajstić information content (AvgIpc) is 2.51. The van der Waals surface area contributed by atoms with E-state index < -0.39 is 36.9 Å². The fourth-order valence-corrected chi connectivity index (χ4v) is 1.64. The van der Waals surface area contributed by atoms with Gasteiger partial charge in [-0.05, 0) is 5.92 Å². The van der Waals surface area contributed by atoms with Gasteiger partial charge in [-0.25, -0.2) is 8.78 Å². The number of likely N-dealkylation sites (tertiary alicyclic amines) is 1. The van der Waals surface area contributed by atoms with E-state index in [0.29, 0.717) is 0 Å². The second-order valence-electron chi connectivity index (χ2n) is 4.44. The van der Waals surface area contributed by atoms with Crippen molar-refractivity contribution in [2.24, 2.45) is 11.7 Å². The Hall–Kier alpha value is -0.930. The van der Waals surface area contributed by atoms with Crippen LogP contribution in [0.3, 0.4) is 0 Å². The summed E-state index contributed by atoms with van der Waals surface area (Å²) in [4.78, 5) is 12.7. The topological polar surface area (TPSA) is 70.1 Å². The molecule has 1 fully saturated rings. The predicted molar refractivity (Wildman–Crippen MR) is 60.7 cm³/mol. The van der Waals surface area contributed by atoms with Gasteiger partial charge in [-0.15, -0.1) is 12.4 Å². The third-order valence-electron chi connectivity index (χ3n) is 2.71. The van der Waals surface area contributed by atoms with Gasteiger partial charge in [0.2, 0.25) is 5.91 Å². The molecule has 0 aromatic heterocycles. The van der Waals surface area contributed by atoms with Gasteiger partial charge in [0.15, 0.2) is 0 Å². The lowest BCUT2D eigenvalue weighted by molar-refractivity contribution is -0.134. The first-order valence-corrected chi connectivity index (χ1v) is 5.12. The molecule has 1 rings (SSSR count). The molecule has 1 heterocycles. The van der Waals surface area contributed by atoms with Crippen molar-refractivity contribution >= 4 is 18.3 Å². The Kier molecular flexibility index (Phi) is 5.30. The maximum atomic E-state index is 13.1. The molecule has 0 bridgehead atoms. The number of nitriles is 1. The zero-order valence-electron chi connectivity index (χ0n) is 9.69. The minimum Gasteiger partial charge on any atom is -0.320 e. The molecular formula is C10H16ClF2N3O. The summed E-state index contributed by atoms with van der Waals surface area (Å²) in [6.07, 6.45) is -0.597. The Morgan fingerprint density at radius 1 is 1.59 bits per heavy atom. The second-order valence-corrected chi connectivity index (χ2v) is 4.44. The summed E-state index contributed by atoms with van der Waals surface area (Å²) in [5, 5.41) is 8.72. The number of carbonyl (C=O) groups excluding carboxylic acids is 1. The molecule has 2 N–H and O–H groups in total. The Bertz CT molecular complexity index is 330. The van der Waals surface area contributed by atoms with Gasteiger partial charge in [0.05, 0.1) is 18.7 Å². The highest BCUT2D eigenvalue weighted by Crippen LogP contribution is 2.32. The highest BCUT2D eigenvalue weighted by molar-refractivity contribution is 5.85. The third kappa shape index (κ3) is 3.51. The van der Waals surface area contributed by atoms with Gasteiger partial charge < -0.3 is 10.6 Å². The number of nitrogens with zero attached hydrogens (tertiary/aromatic N) is 2. The van der Waals surface area contributed by atoms with Gasteiger partial charge in [0.1, 0.15) is 6.04 Å². The molecule has 1 saturated heterocycles. The molecule has 1 amide bonds.